The van der Waals surface area contributed by atoms with Crippen molar-refractivity contribution in [1.82, 2.24) is 10.6 Å². The van der Waals surface area contributed by atoms with E-state index in [0.29, 0.717) is 19.4 Å². The number of amides is 1. The summed E-state index contributed by atoms with van der Waals surface area (Å²) in [6.07, 6.45) is 20.8. The second-order valence-corrected chi connectivity index (χ2v) is 11.9. The zero-order valence-corrected chi connectivity index (χ0v) is 28.1. The third-order valence-corrected chi connectivity index (χ3v) is 7.28. The van der Waals surface area contributed by atoms with Gasteiger partial charge in [-0.1, -0.05) is 70.4 Å². The summed E-state index contributed by atoms with van der Waals surface area (Å²) in [5.41, 5.74) is -1.28. The highest BCUT2D eigenvalue weighted by molar-refractivity contribution is 5.88. The summed E-state index contributed by atoms with van der Waals surface area (Å²) in [6.45, 7) is 8.58. The third-order valence-electron chi connectivity index (χ3n) is 7.28. The van der Waals surface area contributed by atoms with Gasteiger partial charge in [0.25, 0.3) is 0 Å². The van der Waals surface area contributed by atoms with Gasteiger partial charge in [-0.3, -0.25) is 24.0 Å². The molecule has 0 saturated heterocycles. The Morgan fingerprint density at radius 3 is 1.91 bits per heavy atom. The van der Waals surface area contributed by atoms with Gasteiger partial charge in [0.05, 0.1) is 13.0 Å². The molecule has 0 bridgehead atoms. The number of rotatable bonds is 27. The first-order valence-corrected chi connectivity index (χ1v) is 16.7. The molecule has 1 unspecified atom stereocenters. The first-order chi connectivity index (χ1) is 21.0. The maximum absolute atomic E-state index is 12.3. The van der Waals surface area contributed by atoms with Gasteiger partial charge in [-0.05, 0) is 52.4 Å². The van der Waals surface area contributed by atoms with E-state index < -0.39 is 35.4 Å². The van der Waals surface area contributed by atoms with Crippen LogP contribution in [0.4, 0.5) is 0 Å². The minimum Gasteiger partial charge on any atom is -0.466 e. The van der Waals surface area contributed by atoms with Gasteiger partial charge >= 0.3 is 23.9 Å². The largest absolute Gasteiger partial charge is 0.466 e. The lowest BCUT2D eigenvalue weighted by Crippen LogP contribution is -2.47. The van der Waals surface area contributed by atoms with Gasteiger partial charge in [-0.25, -0.2) is 0 Å². The lowest BCUT2D eigenvalue weighted by atomic mass is 9.86. The van der Waals surface area contributed by atoms with Gasteiger partial charge in [0, 0.05) is 39.9 Å². The SMILES string of the molecule is CCCCCCCC/C=C\CCCCCCCC(=O)NCCCOC(=O)CCNCC(OC(C)=O)C(C)(C)C(=O)OC(C)=O. The summed E-state index contributed by atoms with van der Waals surface area (Å²) in [6, 6.07) is 0. The van der Waals surface area contributed by atoms with Crippen LogP contribution >= 0.6 is 0 Å². The fourth-order valence-corrected chi connectivity index (χ4v) is 4.46. The molecule has 0 aliphatic rings. The van der Waals surface area contributed by atoms with Crippen LogP contribution in [0.1, 0.15) is 137 Å². The number of hydrogen-bond acceptors (Lipinski definition) is 9. The second-order valence-electron chi connectivity index (χ2n) is 11.9. The molecule has 0 heterocycles. The van der Waals surface area contributed by atoms with E-state index in [1.54, 1.807) is 0 Å². The Hall–Kier alpha value is -2.75. The quantitative estimate of drug-likeness (QED) is 0.0365. The molecule has 254 valence electrons. The van der Waals surface area contributed by atoms with Crippen molar-refractivity contribution in [2.24, 2.45) is 5.41 Å². The molecule has 1 atom stereocenters. The number of carbonyl (C=O) groups excluding carboxylic acids is 5. The molecule has 1 amide bonds. The highest BCUT2D eigenvalue weighted by Gasteiger charge is 2.41. The minimum atomic E-state index is -1.28. The van der Waals surface area contributed by atoms with E-state index in [0.717, 1.165) is 32.6 Å². The molecule has 0 fully saturated rings. The van der Waals surface area contributed by atoms with Crippen molar-refractivity contribution in [3.05, 3.63) is 12.2 Å². The normalized spacial score (nSPS) is 12.1. The van der Waals surface area contributed by atoms with Gasteiger partial charge < -0.3 is 24.8 Å². The van der Waals surface area contributed by atoms with Crippen molar-refractivity contribution in [3.8, 4) is 0 Å². The van der Waals surface area contributed by atoms with Crippen LogP contribution in [-0.4, -0.2) is 62.1 Å². The molecule has 0 radical (unpaired) electrons. The Morgan fingerprint density at radius 2 is 1.32 bits per heavy atom. The molecular weight excluding hydrogens is 564 g/mol. The van der Waals surface area contributed by atoms with Crippen LogP contribution in [-0.2, 0) is 38.2 Å². The lowest BCUT2D eigenvalue weighted by molar-refractivity contribution is -0.174. The maximum Gasteiger partial charge on any atom is 0.322 e. The summed E-state index contributed by atoms with van der Waals surface area (Å²) in [7, 11) is 0. The number of unbranched alkanes of at least 4 members (excludes halogenated alkanes) is 11. The zero-order valence-electron chi connectivity index (χ0n) is 28.1. The van der Waals surface area contributed by atoms with Crippen molar-refractivity contribution >= 4 is 29.8 Å². The summed E-state index contributed by atoms with van der Waals surface area (Å²) in [5.74, 6) is -2.53. The average molecular weight is 625 g/mol. The Bertz CT molecular complexity index is 856. The Kier molecular flexibility index (Phi) is 25.0. The number of nitrogens with one attached hydrogen (secondary N) is 2. The molecule has 10 heteroatoms. The molecule has 44 heavy (non-hydrogen) atoms. The molecule has 10 nitrogen and oxygen atoms in total. The van der Waals surface area contributed by atoms with Crippen molar-refractivity contribution in [2.45, 2.75) is 143 Å². The number of carbonyl (C=O) groups is 5. The van der Waals surface area contributed by atoms with Crippen LogP contribution in [0.25, 0.3) is 0 Å². The first-order valence-electron chi connectivity index (χ1n) is 16.7. The van der Waals surface area contributed by atoms with E-state index >= 15 is 0 Å². The van der Waals surface area contributed by atoms with Crippen LogP contribution < -0.4 is 10.6 Å². The zero-order chi connectivity index (χ0) is 33.1. The van der Waals surface area contributed by atoms with Crippen molar-refractivity contribution in [1.29, 1.82) is 0 Å². The van der Waals surface area contributed by atoms with Gasteiger partial charge in [-0.2, -0.15) is 0 Å². The van der Waals surface area contributed by atoms with Gasteiger partial charge in [-0.15, -0.1) is 0 Å². The average Bonchev–Trinajstić information content (AvgIpc) is 2.95. The first kappa shape index (κ1) is 41.2. The molecule has 0 aliphatic carbocycles. The van der Waals surface area contributed by atoms with E-state index in [1.165, 1.54) is 78.6 Å². The Balaban J connectivity index is 3.81. The summed E-state index contributed by atoms with van der Waals surface area (Å²) < 4.78 is 15.1. The fourth-order valence-electron chi connectivity index (χ4n) is 4.46. The highest BCUT2D eigenvalue weighted by Crippen LogP contribution is 2.25. The van der Waals surface area contributed by atoms with Crippen LogP contribution in [0, 0.1) is 5.41 Å². The van der Waals surface area contributed by atoms with Crippen LogP contribution in [0.3, 0.4) is 0 Å². The lowest BCUT2D eigenvalue weighted by Gasteiger charge is -2.31. The van der Waals surface area contributed by atoms with Crippen LogP contribution in [0.2, 0.25) is 0 Å². The van der Waals surface area contributed by atoms with Crippen molar-refractivity contribution < 1.29 is 38.2 Å². The molecule has 0 rings (SSSR count). The van der Waals surface area contributed by atoms with E-state index in [-0.39, 0.29) is 32.0 Å². The van der Waals surface area contributed by atoms with Gasteiger partial charge in [0.1, 0.15) is 11.5 Å². The summed E-state index contributed by atoms with van der Waals surface area (Å²) in [5, 5.41) is 5.85. The standard InChI is InChI=1S/C34H60N2O8/c1-6-7-8-9-10-11-12-13-14-15-16-17-18-19-20-22-31(39)36-24-21-26-42-32(40)23-25-35-27-30(43-28(2)37)34(4,5)33(41)44-29(3)38/h13-14,30,35H,6-12,15-27H2,1-5H3,(H,36,39)/b14-13-. The molecule has 0 aromatic heterocycles. The molecule has 0 aliphatic heterocycles. The fraction of sp³-hybridized carbons (Fsp3) is 0.794. The minimum absolute atomic E-state index is 0.0237. The van der Waals surface area contributed by atoms with Gasteiger partial charge in [0.15, 0.2) is 0 Å². The predicted octanol–water partition coefficient (Wildman–Crippen LogP) is 6.10. The van der Waals surface area contributed by atoms with E-state index in [4.69, 9.17) is 9.47 Å². The van der Waals surface area contributed by atoms with Gasteiger partial charge in [0.2, 0.25) is 5.91 Å². The molecule has 0 aromatic carbocycles. The number of ether oxygens (including phenoxy) is 3. The molecule has 0 spiro atoms. The molecular formula is C34H60N2O8. The number of allylic oxidation sites excluding steroid dienone is 2. The third kappa shape index (κ3) is 23.7. The number of hydrogen-bond donors (Lipinski definition) is 2. The monoisotopic (exact) mass is 624 g/mol. The smallest absolute Gasteiger partial charge is 0.322 e. The Labute approximate surface area is 265 Å². The maximum atomic E-state index is 12.3. The second kappa shape index (κ2) is 26.6. The number of esters is 4. The molecule has 0 saturated carbocycles. The van der Waals surface area contributed by atoms with Crippen LogP contribution in [0.5, 0.6) is 0 Å². The Morgan fingerprint density at radius 1 is 0.727 bits per heavy atom. The predicted molar refractivity (Wildman–Crippen MR) is 172 cm³/mol. The van der Waals surface area contributed by atoms with Crippen molar-refractivity contribution in [3.63, 3.8) is 0 Å². The van der Waals surface area contributed by atoms with E-state index in [2.05, 4.69) is 34.4 Å². The van der Waals surface area contributed by atoms with Crippen LogP contribution in [0.15, 0.2) is 12.2 Å². The topological polar surface area (TPSA) is 137 Å². The molecule has 0 aromatic rings. The summed E-state index contributed by atoms with van der Waals surface area (Å²) >= 11 is 0. The van der Waals surface area contributed by atoms with Crippen molar-refractivity contribution in [2.75, 3.05) is 26.2 Å². The molecule has 2 N–H and O–H groups in total. The van der Waals surface area contributed by atoms with E-state index in [9.17, 15) is 24.0 Å². The van der Waals surface area contributed by atoms with E-state index in [1.807, 2.05) is 0 Å². The summed E-state index contributed by atoms with van der Waals surface area (Å²) in [4.78, 5) is 58.9. The highest BCUT2D eigenvalue weighted by atomic mass is 16.6.